The molecular formula is C17H13ClO2S. The summed E-state index contributed by atoms with van der Waals surface area (Å²) < 4.78 is 6.51. The van der Waals surface area contributed by atoms with Crippen molar-refractivity contribution >= 4 is 39.0 Å². The molecule has 21 heavy (non-hydrogen) atoms. The molecule has 2 aromatic carbocycles. The number of benzene rings is 2. The van der Waals surface area contributed by atoms with Crippen molar-refractivity contribution in [3.63, 3.8) is 0 Å². The van der Waals surface area contributed by atoms with Crippen LogP contribution in [0.15, 0.2) is 48.5 Å². The van der Waals surface area contributed by atoms with Crippen LogP contribution in [0.3, 0.4) is 0 Å². The van der Waals surface area contributed by atoms with E-state index >= 15 is 0 Å². The summed E-state index contributed by atoms with van der Waals surface area (Å²) in [6, 6.07) is 15.8. The Morgan fingerprint density at radius 3 is 2.67 bits per heavy atom. The van der Waals surface area contributed by atoms with E-state index in [4.69, 9.17) is 16.3 Å². The Morgan fingerprint density at radius 1 is 1.19 bits per heavy atom. The number of esters is 1. The number of thiophene rings is 1. The lowest BCUT2D eigenvalue weighted by atomic mass is 10.1. The van der Waals surface area contributed by atoms with Gasteiger partial charge in [0.1, 0.15) is 0 Å². The molecule has 0 aliphatic heterocycles. The molecule has 0 amide bonds. The van der Waals surface area contributed by atoms with E-state index in [9.17, 15) is 4.79 Å². The quantitative estimate of drug-likeness (QED) is 0.630. The number of hydrogen-bond acceptors (Lipinski definition) is 3. The standard InChI is InChI=1S/C17H13ClO2S/c1-11(19)20-17-14-10-13(18)7-8-15(14)21-16(17)9-12-5-3-2-4-6-12/h2-8,10H,9H2,1H3. The topological polar surface area (TPSA) is 26.3 Å². The highest BCUT2D eigenvalue weighted by atomic mass is 35.5. The number of halogens is 1. The molecule has 106 valence electrons. The molecule has 1 heterocycles. The summed E-state index contributed by atoms with van der Waals surface area (Å²) in [6.45, 7) is 1.42. The number of rotatable bonds is 3. The second-order valence-corrected chi connectivity index (χ2v) is 6.32. The van der Waals surface area contributed by atoms with Gasteiger partial charge in [-0.3, -0.25) is 4.79 Å². The average Bonchev–Trinajstić information content (AvgIpc) is 2.77. The third-order valence-corrected chi connectivity index (χ3v) is 4.51. The second-order valence-electron chi connectivity index (χ2n) is 4.75. The molecule has 0 unspecified atom stereocenters. The Balaban J connectivity index is 2.10. The average molecular weight is 317 g/mol. The molecule has 0 bridgehead atoms. The Labute approximate surface area is 131 Å². The van der Waals surface area contributed by atoms with Gasteiger partial charge in [-0.25, -0.2) is 0 Å². The van der Waals surface area contributed by atoms with E-state index < -0.39 is 0 Å². The molecule has 0 saturated heterocycles. The van der Waals surface area contributed by atoms with Gasteiger partial charge in [-0.05, 0) is 23.8 Å². The highest BCUT2D eigenvalue weighted by molar-refractivity contribution is 7.19. The van der Waals surface area contributed by atoms with Crippen molar-refractivity contribution in [2.75, 3.05) is 0 Å². The van der Waals surface area contributed by atoms with Crippen LogP contribution in [0.4, 0.5) is 0 Å². The van der Waals surface area contributed by atoms with Crippen molar-refractivity contribution in [1.29, 1.82) is 0 Å². The normalized spacial score (nSPS) is 10.8. The van der Waals surface area contributed by atoms with E-state index in [2.05, 4.69) is 12.1 Å². The van der Waals surface area contributed by atoms with Gasteiger partial charge in [0.25, 0.3) is 0 Å². The van der Waals surface area contributed by atoms with Crippen molar-refractivity contribution in [3.05, 3.63) is 64.0 Å². The smallest absolute Gasteiger partial charge is 0.308 e. The minimum Gasteiger partial charge on any atom is -0.425 e. The monoisotopic (exact) mass is 316 g/mol. The summed E-state index contributed by atoms with van der Waals surface area (Å²) in [5.74, 6) is 0.317. The van der Waals surface area contributed by atoms with Gasteiger partial charge in [0, 0.05) is 28.5 Å². The fraction of sp³-hybridized carbons (Fsp3) is 0.118. The summed E-state index contributed by atoms with van der Waals surface area (Å²) in [5.41, 5.74) is 1.18. The van der Waals surface area contributed by atoms with E-state index in [1.807, 2.05) is 36.4 Å². The summed E-state index contributed by atoms with van der Waals surface area (Å²) in [4.78, 5) is 12.4. The Hall–Kier alpha value is -1.84. The molecule has 1 aromatic heterocycles. The molecule has 0 N–H and O–H groups in total. The van der Waals surface area contributed by atoms with Crippen molar-refractivity contribution in [2.45, 2.75) is 13.3 Å². The number of carbonyl (C=O) groups is 1. The van der Waals surface area contributed by atoms with Gasteiger partial charge in [0.15, 0.2) is 5.75 Å². The van der Waals surface area contributed by atoms with Crippen LogP contribution in [0.25, 0.3) is 10.1 Å². The molecule has 0 saturated carbocycles. The Bertz CT molecular complexity index is 793. The van der Waals surface area contributed by atoms with Crippen molar-refractivity contribution < 1.29 is 9.53 Å². The maximum Gasteiger partial charge on any atom is 0.308 e. The lowest BCUT2D eigenvalue weighted by Gasteiger charge is -2.04. The number of hydrogen-bond donors (Lipinski definition) is 0. The lowest BCUT2D eigenvalue weighted by molar-refractivity contribution is -0.131. The lowest BCUT2D eigenvalue weighted by Crippen LogP contribution is -2.02. The molecule has 0 fully saturated rings. The van der Waals surface area contributed by atoms with Gasteiger partial charge in [-0.1, -0.05) is 41.9 Å². The van der Waals surface area contributed by atoms with Gasteiger partial charge >= 0.3 is 5.97 Å². The van der Waals surface area contributed by atoms with E-state index in [1.165, 1.54) is 12.5 Å². The van der Waals surface area contributed by atoms with Crippen molar-refractivity contribution in [3.8, 4) is 5.75 Å². The van der Waals surface area contributed by atoms with E-state index in [0.29, 0.717) is 10.8 Å². The van der Waals surface area contributed by atoms with Crippen LogP contribution in [0.2, 0.25) is 5.02 Å². The number of fused-ring (bicyclic) bond motifs is 1. The van der Waals surface area contributed by atoms with E-state index in [0.717, 1.165) is 21.4 Å². The van der Waals surface area contributed by atoms with Crippen LogP contribution in [0, 0.1) is 0 Å². The highest BCUT2D eigenvalue weighted by Crippen LogP contribution is 2.40. The molecule has 0 atom stereocenters. The SMILES string of the molecule is CC(=O)Oc1c(Cc2ccccc2)sc2ccc(Cl)cc12. The zero-order chi connectivity index (χ0) is 14.8. The molecule has 0 aliphatic rings. The Morgan fingerprint density at radius 2 is 1.95 bits per heavy atom. The van der Waals surface area contributed by atoms with Crippen molar-refractivity contribution in [1.82, 2.24) is 0 Å². The van der Waals surface area contributed by atoms with Gasteiger partial charge < -0.3 is 4.74 Å². The first-order valence-electron chi connectivity index (χ1n) is 6.57. The fourth-order valence-electron chi connectivity index (χ4n) is 2.25. The predicted molar refractivity (Wildman–Crippen MR) is 87.4 cm³/mol. The molecule has 4 heteroatoms. The van der Waals surface area contributed by atoms with E-state index in [1.54, 1.807) is 11.3 Å². The van der Waals surface area contributed by atoms with Gasteiger partial charge in [-0.15, -0.1) is 11.3 Å². The van der Waals surface area contributed by atoms with Crippen LogP contribution in [0.1, 0.15) is 17.4 Å². The van der Waals surface area contributed by atoms with Crippen molar-refractivity contribution in [2.24, 2.45) is 0 Å². The van der Waals surface area contributed by atoms with Crippen LogP contribution >= 0.6 is 22.9 Å². The first kappa shape index (κ1) is 14.1. The molecule has 0 spiro atoms. The molecular weight excluding hydrogens is 304 g/mol. The maximum absolute atomic E-state index is 11.4. The molecule has 2 nitrogen and oxygen atoms in total. The van der Waals surface area contributed by atoms with Gasteiger partial charge in [0.2, 0.25) is 0 Å². The first-order chi connectivity index (χ1) is 10.1. The third-order valence-electron chi connectivity index (χ3n) is 3.13. The summed E-state index contributed by atoms with van der Waals surface area (Å²) >= 11 is 7.69. The zero-order valence-corrected chi connectivity index (χ0v) is 13.0. The molecule has 3 rings (SSSR count). The minimum atomic E-state index is -0.316. The molecule has 0 radical (unpaired) electrons. The largest absolute Gasteiger partial charge is 0.425 e. The summed E-state index contributed by atoms with van der Waals surface area (Å²) in [6.07, 6.45) is 0.737. The predicted octanol–water partition coefficient (Wildman–Crippen LogP) is 5.07. The van der Waals surface area contributed by atoms with Crippen LogP contribution in [-0.2, 0) is 11.2 Å². The minimum absolute atomic E-state index is 0.316. The Kier molecular flexibility index (Phi) is 3.95. The highest BCUT2D eigenvalue weighted by Gasteiger charge is 2.16. The molecule has 0 aliphatic carbocycles. The summed E-state index contributed by atoms with van der Waals surface area (Å²) in [7, 11) is 0. The van der Waals surface area contributed by atoms with E-state index in [-0.39, 0.29) is 5.97 Å². The third kappa shape index (κ3) is 3.09. The number of carbonyl (C=O) groups excluding carboxylic acids is 1. The summed E-state index contributed by atoms with van der Waals surface area (Å²) in [5, 5.41) is 1.54. The molecule has 3 aromatic rings. The van der Waals surface area contributed by atoms with Crippen LogP contribution in [-0.4, -0.2) is 5.97 Å². The van der Waals surface area contributed by atoms with Gasteiger partial charge in [0.05, 0.1) is 4.88 Å². The fourth-order valence-corrected chi connectivity index (χ4v) is 3.57. The van der Waals surface area contributed by atoms with Crippen LogP contribution < -0.4 is 4.74 Å². The second kappa shape index (κ2) is 5.88. The van der Waals surface area contributed by atoms with Crippen LogP contribution in [0.5, 0.6) is 5.75 Å². The number of ether oxygens (including phenoxy) is 1. The maximum atomic E-state index is 11.4. The first-order valence-corrected chi connectivity index (χ1v) is 7.76. The zero-order valence-electron chi connectivity index (χ0n) is 11.4. The van der Waals surface area contributed by atoms with Gasteiger partial charge in [-0.2, -0.15) is 0 Å².